The number of aromatic nitrogens is 1. The molecule has 2 N–H and O–H groups in total. The highest BCUT2D eigenvalue weighted by atomic mass is 16.4. The summed E-state index contributed by atoms with van der Waals surface area (Å²) in [5.41, 5.74) is 1.69. The van der Waals surface area contributed by atoms with Gasteiger partial charge in [0.1, 0.15) is 6.04 Å². The Balaban J connectivity index is 1.67. The van der Waals surface area contributed by atoms with Crippen molar-refractivity contribution in [1.82, 2.24) is 9.88 Å². The predicted octanol–water partition coefficient (Wildman–Crippen LogP) is 2.11. The number of benzene rings is 1. The van der Waals surface area contributed by atoms with Gasteiger partial charge >= 0.3 is 5.97 Å². The lowest BCUT2D eigenvalue weighted by molar-refractivity contribution is -0.155. The van der Waals surface area contributed by atoms with Crippen LogP contribution in [0.3, 0.4) is 0 Å². The largest absolute Gasteiger partial charge is 0.480 e. The Morgan fingerprint density at radius 2 is 1.80 bits per heavy atom. The fraction of sp³-hybridized carbons (Fsp3) is 0.316. The zero-order chi connectivity index (χ0) is 17.6. The van der Waals surface area contributed by atoms with Gasteiger partial charge < -0.3 is 10.1 Å². The van der Waals surface area contributed by atoms with Crippen LogP contribution in [0.15, 0.2) is 42.6 Å². The average molecular weight is 338 g/mol. The number of carboxylic acid groups (broad SMARTS) is 1. The Hall–Kier alpha value is -2.89. The topological polar surface area (TPSA) is 90.5 Å². The minimum atomic E-state index is -1.18. The van der Waals surface area contributed by atoms with E-state index in [1.54, 1.807) is 6.20 Å². The minimum Gasteiger partial charge on any atom is -0.480 e. The summed E-state index contributed by atoms with van der Waals surface area (Å²) in [6.45, 7) is 0. The Labute approximate surface area is 144 Å². The summed E-state index contributed by atoms with van der Waals surface area (Å²) in [5.74, 6) is -2.69. The van der Waals surface area contributed by atoms with Crippen molar-refractivity contribution in [1.29, 1.82) is 0 Å². The number of aromatic amines is 1. The summed E-state index contributed by atoms with van der Waals surface area (Å²) in [6, 6.07) is 6.40. The Kier molecular flexibility index (Phi) is 3.67. The van der Waals surface area contributed by atoms with Crippen LogP contribution in [-0.4, -0.2) is 38.8 Å². The number of carbonyl (C=O) groups excluding carboxylic acids is 2. The molecule has 3 atom stereocenters. The van der Waals surface area contributed by atoms with Gasteiger partial charge in [0, 0.05) is 23.5 Å². The monoisotopic (exact) mass is 338 g/mol. The molecule has 1 fully saturated rings. The molecule has 0 bridgehead atoms. The first-order valence-electron chi connectivity index (χ1n) is 8.37. The molecule has 2 amide bonds. The summed E-state index contributed by atoms with van der Waals surface area (Å²) >= 11 is 0. The Morgan fingerprint density at radius 1 is 1.16 bits per heavy atom. The number of para-hydroxylation sites is 1. The van der Waals surface area contributed by atoms with Gasteiger partial charge in [0.15, 0.2) is 0 Å². The normalized spacial score (nSPS) is 23.9. The third-order valence-corrected chi connectivity index (χ3v) is 5.23. The van der Waals surface area contributed by atoms with Gasteiger partial charge in [0.2, 0.25) is 11.8 Å². The van der Waals surface area contributed by atoms with Crippen LogP contribution < -0.4 is 0 Å². The van der Waals surface area contributed by atoms with E-state index < -0.39 is 23.8 Å². The molecule has 4 rings (SSSR count). The maximum atomic E-state index is 12.7. The standard InChI is InChI=1S/C19H18N2O4/c22-17-13-6-1-2-7-14(13)18(23)21(17)16(19(24)25)9-11-10-20-15-8-4-3-5-12(11)15/h1-5,8,10,13-14,16,20H,6-7,9H2,(H,24,25). The third-order valence-electron chi connectivity index (χ3n) is 5.23. The maximum Gasteiger partial charge on any atom is 0.327 e. The number of nitrogens with zero attached hydrogens (tertiary/aromatic N) is 1. The number of carbonyl (C=O) groups is 3. The second-order valence-electron chi connectivity index (χ2n) is 6.62. The van der Waals surface area contributed by atoms with Crippen molar-refractivity contribution >= 4 is 28.7 Å². The Morgan fingerprint density at radius 3 is 2.44 bits per heavy atom. The highest BCUT2D eigenvalue weighted by Gasteiger charge is 2.51. The summed E-state index contributed by atoms with van der Waals surface area (Å²) in [4.78, 5) is 41.3. The van der Waals surface area contributed by atoms with E-state index in [9.17, 15) is 19.5 Å². The fourth-order valence-electron chi connectivity index (χ4n) is 3.93. The quantitative estimate of drug-likeness (QED) is 0.660. The number of rotatable bonds is 4. The lowest BCUT2D eigenvalue weighted by Gasteiger charge is -2.23. The smallest absolute Gasteiger partial charge is 0.327 e. The van der Waals surface area contributed by atoms with Crippen LogP contribution in [0.2, 0.25) is 0 Å². The molecule has 6 nitrogen and oxygen atoms in total. The number of H-pyrrole nitrogens is 1. The van der Waals surface area contributed by atoms with Gasteiger partial charge in [0.05, 0.1) is 11.8 Å². The molecule has 6 heteroatoms. The third kappa shape index (κ3) is 2.45. The fourth-order valence-corrected chi connectivity index (χ4v) is 3.93. The molecular weight excluding hydrogens is 320 g/mol. The van der Waals surface area contributed by atoms with E-state index in [-0.39, 0.29) is 18.2 Å². The SMILES string of the molecule is O=C(O)C(Cc1c[nH]c2ccccc12)N1C(=O)C2CC=CCC2C1=O. The zero-order valence-corrected chi connectivity index (χ0v) is 13.5. The molecule has 0 saturated carbocycles. The summed E-state index contributed by atoms with van der Waals surface area (Å²) in [6.07, 6.45) is 6.65. The molecule has 2 aliphatic rings. The van der Waals surface area contributed by atoms with Crippen molar-refractivity contribution in [3.8, 4) is 0 Å². The first kappa shape index (κ1) is 15.6. The molecule has 128 valence electrons. The molecule has 2 heterocycles. The van der Waals surface area contributed by atoms with E-state index in [2.05, 4.69) is 4.98 Å². The van der Waals surface area contributed by atoms with Crippen molar-refractivity contribution < 1.29 is 19.5 Å². The molecule has 1 saturated heterocycles. The van der Waals surface area contributed by atoms with Crippen molar-refractivity contribution in [3.63, 3.8) is 0 Å². The molecule has 3 unspecified atom stereocenters. The van der Waals surface area contributed by atoms with Gasteiger partial charge in [-0.2, -0.15) is 0 Å². The van der Waals surface area contributed by atoms with Crippen LogP contribution in [0.25, 0.3) is 10.9 Å². The molecule has 1 aromatic carbocycles. The van der Waals surface area contributed by atoms with E-state index in [0.717, 1.165) is 21.4 Å². The number of carboxylic acids is 1. The molecule has 1 aliphatic heterocycles. The highest BCUT2D eigenvalue weighted by molar-refractivity contribution is 6.08. The van der Waals surface area contributed by atoms with E-state index >= 15 is 0 Å². The van der Waals surface area contributed by atoms with Crippen LogP contribution in [0, 0.1) is 11.8 Å². The highest BCUT2D eigenvalue weighted by Crippen LogP contribution is 2.37. The lowest BCUT2D eigenvalue weighted by Crippen LogP contribution is -2.46. The first-order chi connectivity index (χ1) is 12.1. The van der Waals surface area contributed by atoms with Crippen LogP contribution in [0.5, 0.6) is 0 Å². The van der Waals surface area contributed by atoms with Gasteiger partial charge in [-0.1, -0.05) is 30.4 Å². The summed E-state index contributed by atoms with van der Waals surface area (Å²) in [5, 5.41) is 10.6. The van der Waals surface area contributed by atoms with Gasteiger partial charge in [0.25, 0.3) is 0 Å². The van der Waals surface area contributed by atoms with Crippen molar-refractivity contribution in [2.45, 2.75) is 25.3 Å². The molecule has 1 aliphatic carbocycles. The van der Waals surface area contributed by atoms with E-state index in [1.165, 1.54) is 0 Å². The van der Waals surface area contributed by atoms with Gasteiger partial charge in [-0.25, -0.2) is 4.79 Å². The second-order valence-corrected chi connectivity index (χ2v) is 6.62. The van der Waals surface area contributed by atoms with Crippen molar-refractivity contribution in [2.24, 2.45) is 11.8 Å². The number of amides is 2. The predicted molar refractivity (Wildman–Crippen MR) is 90.6 cm³/mol. The number of allylic oxidation sites excluding steroid dienone is 2. The molecule has 0 radical (unpaired) electrons. The Bertz CT molecular complexity index is 872. The number of imide groups is 1. The second kappa shape index (κ2) is 5.88. The van der Waals surface area contributed by atoms with E-state index in [1.807, 2.05) is 36.4 Å². The molecule has 2 aromatic rings. The van der Waals surface area contributed by atoms with Crippen LogP contribution in [0.1, 0.15) is 18.4 Å². The molecule has 25 heavy (non-hydrogen) atoms. The van der Waals surface area contributed by atoms with Crippen LogP contribution in [-0.2, 0) is 20.8 Å². The van der Waals surface area contributed by atoms with Crippen molar-refractivity contribution in [3.05, 3.63) is 48.2 Å². The zero-order valence-electron chi connectivity index (χ0n) is 13.5. The first-order valence-corrected chi connectivity index (χ1v) is 8.37. The number of fused-ring (bicyclic) bond motifs is 2. The number of hydrogen-bond acceptors (Lipinski definition) is 3. The van der Waals surface area contributed by atoms with Crippen LogP contribution >= 0.6 is 0 Å². The molecular formula is C19H18N2O4. The van der Waals surface area contributed by atoms with Crippen LogP contribution in [0.4, 0.5) is 0 Å². The summed E-state index contributed by atoms with van der Waals surface area (Å²) < 4.78 is 0. The molecule has 1 aromatic heterocycles. The van der Waals surface area contributed by atoms with Gasteiger partial charge in [-0.3, -0.25) is 14.5 Å². The number of nitrogens with one attached hydrogen (secondary N) is 1. The lowest BCUT2D eigenvalue weighted by atomic mass is 9.85. The molecule has 0 spiro atoms. The van der Waals surface area contributed by atoms with Gasteiger partial charge in [-0.05, 0) is 24.5 Å². The summed E-state index contributed by atoms with van der Waals surface area (Å²) in [7, 11) is 0. The van der Waals surface area contributed by atoms with E-state index in [4.69, 9.17) is 0 Å². The number of hydrogen-bond donors (Lipinski definition) is 2. The van der Waals surface area contributed by atoms with E-state index in [0.29, 0.717) is 12.8 Å². The number of likely N-dealkylation sites (tertiary alicyclic amines) is 1. The maximum absolute atomic E-state index is 12.7. The average Bonchev–Trinajstić information content (AvgIpc) is 3.13. The number of aliphatic carboxylic acids is 1. The van der Waals surface area contributed by atoms with Gasteiger partial charge in [-0.15, -0.1) is 0 Å². The minimum absolute atomic E-state index is 0.101. The van der Waals surface area contributed by atoms with Crippen molar-refractivity contribution in [2.75, 3.05) is 0 Å².